The monoisotopic (exact) mass is 302 g/mol. The second-order valence-electron chi connectivity index (χ2n) is 4.53. The molecule has 0 aliphatic heterocycles. The molecule has 108 valence electrons. The zero-order chi connectivity index (χ0) is 15.2. The predicted molar refractivity (Wildman–Crippen MR) is 83.5 cm³/mol. The first kappa shape index (κ1) is 15.1. The maximum Gasteiger partial charge on any atom is 0.251 e. The molecular formula is C16H15ClN2O2. The molecule has 4 nitrogen and oxygen atoms in total. The molecule has 2 aromatic rings. The van der Waals surface area contributed by atoms with Crippen molar-refractivity contribution in [3.05, 3.63) is 65.2 Å². The minimum atomic E-state index is -0.672. The van der Waals surface area contributed by atoms with E-state index in [0.29, 0.717) is 16.3 Å². The van der Waals surface area contributed by atoms with Gasteiger partial charge in [0.1, 0.15) is 6.04 Å². The highest BCUT2D eigenvalue weighted by atomic mass is 35.5. The van der Waals surface area contributed by atoms with Gasteiger partial charge in [-0.3, -0.25) is 9.59 Å². The largest absolute Gasteiger partial charge is 0.341 e. The lowest BCUT2D eigenvalue weighted by Crippen LogP contribution is -2.41. The van der Waals surface area contributed by atoms with Crippen LogP contribution >= 0.6 is 11.6 Å². The minimum Gasteiger partial charge on any atom is -0.341 e. The van der Waals surface area contributed by atoms with Crippen molar-refractivity contribution >= 4 is 29.1 Å². The van der Waals surface area contributed by atoms with E-state index in [0.717, 1.165) is 0 Å². The molecular weight excluding hydrogens is 288 g/mol. The fourth-order valence-corrected chi connectivity index (χ4v) is 1.92. The van der Waals surface area contributed by atoms with Gasteiger partial charge >= 0.3 is 0 Å². The summed E-state index contributed by atoms with van der Waals surface area (Å²) in [6.45, 7) is 1.62. The third-order valence-corrected chi connectivity index (χ3v) is 3.24. The Bertz CT molecular complexity index is 644. The number of amides is 2. The van der Waals surface area contributed by atoms with Crippen molar-refractivity contribution in [1.29, 1.82) is 0 Å². The van der Waals surface area contributed by atoms with E-state index in [-0.39, 0.29) is 11.8 Å². The highest BCUT2D eigenvalue weighted by molar-refractivity contribution is 6.33. The van der Waals surface area contributed by atoms with Crippen LogP contribution in [0.4, 0.5) is 5.69 Å². The van der Waals surface area contributed by atoms with E-state index >= 15 is 0 Å². The van der Waals surface area contributed by atoms with E-state index < -0.39 is 6.04 Å². The number of rotatable bonds is 4. The van der Waals surface area contributed by atoms with Gasteiger partial charge in [-0.1, -0.05) is 41.9 Å². The van der Waals surface area contributed by atoms with Crippen molar-refractivity contribution in [2.75, 3.05) is 5.32 Å². The summed E-state index contributed by atoms with van der Waals surface area (Å²) in [5, 5.41) is 5.77. The Kier molecular flexibility index (Phi) is 4.95. The van der Waals surface area contributed by atoms with Gasteiger partial charge in [-0.05, 0) is 31.2 Å². The van der Waals surface area contributed by atoms with Crippen LogP contribution in [0.3, 0.4) is 0 Å². The van der Waals surface area contributed by atoms with Crippen LogP contribution in [0.1, 0.15) is 17.3 Å². The molecule has 21 heavy (non-hydrogen) atoms. The van der Waals surface area contributed by atoms with Crippen molar-refractivity contribution in [2.24, 2.45) is 0 Å². The lowest BCUT2D eigenvalue weighted by atomic mass is 10.2. The number of carbonyl (C=O) groups is 2. The zero-order valence-corrected chi connectivity index (χ0v) is 12.2. The summed E-state index contributed by atoms with van der Waals surface area (Å²) < 4.78 is 0. The summed E-state index contributed by atoms with van der Waals surface area (Å²) in [6, 6.07) is 15.0. The number of nitrogens with one attached hydrogen (secondary N) is 2. The maximum absolute atomic E-state index is 12.0. The zero-order valence-electron chi connectivity index (χ0n) is 11.5. The van der Waals surface area contributed by atoms with Crippen LogP contribution in [0, 0.1) is 0 Å². The quantitative estimate of drug-likeness (QED) is 0.912. The van der Waals surface area contributed by atoms with Crippen LogP contribution in [0.5, 0.6) is 0 Å². The molecule has 0 saturated carbocycles. The Balaban J connectivity index is 1.97. The van der Waals surface area contributed by atoms with Crippen molar-refractivity contribution in [1.82, 2.24) is 5.32 Å². The topological polar surface area (TPSA) is 58.2 Å². The molecule has 0 fully saturated rings. The summed E-state index contributed by atoms with van der Waals surface area (Å²) in [6.07, 6.45) is 0. The molecule has 2 rings (SSSR count). The number of anilines is 1. The first-order chi connectivity index (χ1) is 10.1. The molecule has 0 saturated heterocycles. The first-order valence-corrected chi connectivity index (χ1v) is 6.87. The van der Waals surface area contributed by atoms with Crippen molar-refractivity contribution in [2.45, 2.75) is 13.0 Å². The average molecular weight is 303 g/mol. The third-order valence-electron chi connectivity index (χ3n) is 2.91. The lowest BCUT2D eigenvalue weighted by molar-refractivity contribution is -0.117. The van der Waals surface area contributed by atoms with Crippen molar-refractivity contribution < 1.29 is 9.59 Å². The van der Waals surface area contributed by atoms with E-state index in [1.165, 1.54) is 0 Å². The summed E-state index contributed by atoms with van der Waals surface area (Å²) in [5.41, 5.74) is 1.03. The number of benzene rings is 2. The van der Waals surface area contributed by atoms with Crippen LogP contribution in [0.2, 0.25) is 5.02 Å². The van der Waals surface area contributed by atoms with Crippen LogP contribution in [-0.4, -0.2) is 17.9 Å². The van der Waals surface area contributed by atoms with Crippen molar-refractivity contribution in [3.63, 3.8) is 0 Å². The fourth-order valence-electron chi connectivity index (χ4n) is 1.74. The average Bonchev–Trinajstić information content (AvgIpc) is 2.50. The van der Waals surface area contributed by atoms with Gasteiger partial charge in [-0.2, -0.15) is 0 Å². The van der Waals surface area contributed by atoms with E-state index in [4.69, 9.17) is 11.6 Å². The second kappa shape index (κ2) is 6.90. The standard InChI is InChI=1S/C16H15ClN2O2/c1-11(18-16(21)12-7-3-2-4-8-12)15(20)19-14-10-6-5-9-13(14)17/h2-11H,1H3,(H,18,21)(H,19,20). The molecule has 1 atom stereocenters. The molecule has 2 N–H and O–H groups in total. The van der Waals surface area contributed by atoms with Crippen molar-refractivity contribution in [3.8, 4) is 0 Å². The van der Waals surface area contributed by atoms with E-state index in [1.54, 1.807) is 55.5 Å². The molecule has 0 aromatic heterocycles. The summed E-state index contributed by atoms with van der Waals surface area (Å²) in [5.74, 6) is -0.621. The number of hydrogen-bond donors (Lipinski definition) is 2. The highest BCUT2D eigenvalue weighted by Gasteiger charge is 2.17. The molecule has 0 radical (unpaired) electrons. The van der Waals surface area contributed by atoms with Crippen LogP contribution in [-0.2, 0) is 4.79 Å². The number of carbonyl (C=O) groups excluding carboxylic acids is 2. The molecule has 0 aliphatic rings. The van der Waals surface area contributed by atoms with Crippen LogP contribution in [0.25, 0.3) is 0 Å². The van der Waals surface area contributed by atoms with Gasteiger partial charge in [-0.15, -0.1) is 0 Å². The Hall–Kier alpha value is -2.33. The molecule has 2 aromatic carbocycles. The molecule has 2 amide bonds. The summed E-state index contributed by atoms with van der Waals surface area (Å²) in [7, 11) is 0. The Morgan fingerprint density at radius 3 is 2.29 bits per heavy atom. The second-order valence-corrected chi connectivity index (χ2v) is 4.94. The SMILES string of the molecule is CC(NC(=O)c1ccccc1)C(=O)Nc1ccccc1Cl. The molecule has 0 spiro atoms. The summed E-state index contributed by atoms with van der Waals surface area (Å²) >= 11 is 5.97. The molecule has 0 heterocycles. The van der Waals surface area contributed by atoms with E-state index in [2.05, 4.69) is 10.6 Å². The van der Waals surface area contributed by atoms with Gasteiger partial charge in [-0.25, -0.2) is 0 Å². The van der Waals surface area contributed by atoms with Crippen LogP contribution in [0.15, 0.2) is 54.6 Å². The van der Waals surface area contributed by atoms with Gasteiger partial charge in [0.05, 0.1) is 10.7 Å². The van der Waals surface area contributed by atoms with Gasteiger partial charge < -0.3 is 10.6 Å². The third kappa shape index (κ3) is 4.07. The van der Waals surface area contributed by atoms with E-state index in [9.17, 15) is 9.59 Å². The lowest BCUT2D eigenvalue weighted by Gasteiger charge is -2.14. The maximum atomic E-state index is 12.0. The normalized spacial score (nSPS) is 11.5. The Morgan fingerprint density at radius 1 is 1.00 bits per heavy atom. The number of halogens is 1. The number of hydrogen-bond acceptors (Lipinski definition) is 2. The molecule has 5 heteroatoms. The smallest absolute Gasteiger partial charge is 0.251 e. The van der Waals surface area contributed by atoms with Gasteiger partial charge in [0.2, 0.25) is 5.91 Å². The van der Waals surface area contributed by atoms with Gasteiger partial charge in [0.15, 0.2) is 0 Å². The Labute approximate surface area is 128 Å². The van der Waals surface area contributed by atoms with E-state index in [1.807, 2.05) is 6.07 Å². The van der Waals surface area contributed by atoms with Crippen LogP contribution < -0.4 is 10.6 Å². The summed E-state index contributed by atoms with van der Waals surface area (Å²) in [4.78, 5) is 24.0. The Morgan fingerprint density at radius 2 is 1.62 bits per heavy atom. The molecule has 0 aliphatic carbocycles. The predicted octanol–water partition coefficient (Wildman–Crippen LogP) is 3.10. The molecule has 0 bridgehead atoms. The van der Waals surface area contributed by atoms with Gasteiger partial charge in [0.25, 0.3) is 5.91 Å². The number of para-hydroxylation sites is 1. The fraction of sp³-hybridized carbons (Fsp3) is 0.125. The van der Waals surface area contributed by atoms with Gasteiger partial charge in [0, 0.05) is 5.56 Å². The molecule has 1 unspecified atom stereocenters. The highest BCUT2D eigenvalue weighted by Crippen LogP contribution is 2.20. The first-order valence-electron chi connectivity index (χ1n) is 6.49. The minimum absolute atomic E-state index is 0.294.